The van der Waals surface area contributed by atoms with Gasteiger partial charge in [-0.05, 0) is 59.0 Å². The maximum atomic E-state index is 12.9. The standard InChI is InChI=1S/C23H16ClNO4S2/c1-13-2-4-14(5-3-13)16-6-17(30-11-16)8-21-22(26)25(23(27)31-21)10-15-7-19-20(9-18(15)24)29-12-28-19/h2-9,11H,10,12H2,1H3. The Morgan fingerprint density at radius 1 is 1.06 bits per heavy atom. The van der Waals surface area contributed by atoms with Crippen LogP contribution in [0.3, 0.4) is 0 Å². The number of aryl methyl sites for hydroxylation is 1. The van der Waals surface area contributed by atoms with Gasteiger partial charge < -0.3 is 9.47 Å². The number of hydrogen-bond acceptors (Lipinski definition) is 6. The van der Waals surface area contributed by atoms with E-state index in [1.54, 1.807) is 18.2 Å². The average Bonchev–Trinajstić information content (AvgIpc) is 3.45. The van der Waals surface area contributed by atoms with Gasteiger partial charge in [-0.3, -0.25) is 14.5 Å². The molecule has 0 atom stereocenters. The third-order valence-corrected chi connectivity index (χ3v) is 7.16. The van der Waals surface area contributed by atoms with Gasteiger partial charge in [0.15, 0.2) is 11.5 Å². The van der Waals surface area contributed by atoms with Gasteiger partial charge in [-0.1, -0.05) is 41.4 Å². The van der Waals surface area contributed by atoms with E-state index in [4.69, 9.17) is 21.1 Å². The molecule has 2 aliphatic heterocycles. The highest BCUT2D eigenvalue weighted by molar-refractivity contribution is 8.18. The molecule has 1 saturated heterocycles. The van der Waals surface area contributed by atoms with E-state index in [9.17, 15) is 9.59 Å². The number of fused-ring (bicyclic) bond motifs is 1. The summed E-state index contributed by atoms with van der Waals surface area (Å²) >= 11 is 8.79. The Morgan fingerprint density at radius 3 is 2.58 bits per heavy atom. The van der Waals surface area contributed by atoms with Gasteiger partial charge in [0.1, 0.15) is 0 Å². The summed E-state index contributed by atoms with van der Waals surface area (Å²) < 4.78 is 10.7. The minimum atomic E-state index is -0.325. The SMILES string of the molecule is Cc1ccc(-c2csc(C=C3SC(=O)N(Cc4cc5c(cc4Cl)OCO5)C3=O)c2)cc1. The Morgan fingerprint density at radius 2 is 1.81 bits per heavy atom. The summed E-state index contributed by atoms with van der Waals surface area (Å²) in [5.74, 6) is 0.794. The van der Waals surface area contributed by atoms with E-state index in [1.165, 1.54) is 21.8 Å². The van der Waals surface area contributed by atoms with E-state index < -0.39 is 0 Å². The molecule has 2 aliphatic rings. The molecule has 1 aromatic heterocycles. The zero-order valence-corrected chi connectivity index (χ0v) is 18.8. The van der Waals surface area contributed by atoms with Gasteiger partial charge >= 0.3 is 0 Å². The maximum Gasteiger partial charge on any atom is 0.293 e. The highest BCUT2D eigenvalue weighted by Gasteiger charge is 2.35. The Bertz CT molecular complexity index is 1230. The summed E-state index contributed by atoms with van der Waals surface area (Å²) in [6.45, 7) is 2.26. The number of rotatable bonds is 4. The molecule has 2 aromatic carbocycles. The number of carbonyl (C=O) groups excluding carboxylic acids is 2. The van der Waals surface area contributed by atoms with E-state index in [-0.39, 0.29) is 24.5 Å². The van der Waals surface area contributed by atoms with Crippen LogP contribution in [0.2, 0.25) is 5.02 Å². The van der Waals surface area contributed by atoms with Gasteiger partial charge in [0.2, 0.25) is 6.79 Å². The van der Waals surface area contributed by atoms with E-state index >= 15 is 0 Å². The lowest BCUT2D eigenvalue weighted by molar-refractivity contribution is -0.123. The minimum absolute atomic E-state index is 0.0799. The lowest BCUT2D eigenvalue weighted by atomic mass is 10.1. The van der Waals surface area contributed by atoms with Crippen molar-refractivity contribution >= 4 is 51.9 Å². The van der Waals surface area contributed by atoms with Crippen LogP contribution in [0, 0.1) is 6.92 Å². The van der Waals surface area contributed by atoms with E-state index in [1.807, 2.05) is 11.4 Å². The van der Waals surface area contributed by atoms with Crippen molar-refractivity contribution < 1.29 is 19.1 Å². The number of thioether (sulfide) groups is 1. The normalized spacial score (nSPS) is 16.6. The molecule has 0 saturated carbocycles. The van der Waals surface area contributed by atoms with Crippen LogP contribution in [0.5, 0.6) is 11.5 Å². The lowest BCUT2D eigenvalue weighted by Crippen LogP contribution is -2.27. The monoisotopic (exact) mass is 469 g/mol. The molecule has 5 rings (SSSR count). The molecular formula is C23H16ClNO4S2. The van der Waals surface area contributed by atoms with Crippen LogP contribution in [-0.4, -0.2) is 22.8 Å². The topological polar surface area (TPSA) is 55.8 Å². The Kier molecular flexibility index (Phi) is 5.25. The summed E-state index contributed by atoms with van der Waals surface area (Å²) in [5.41, 5.74) is 4.04. The van der Waals surface area contributed by atoms with E-state index in [0.717, 1.165) is 27.8 Å². The molecule has 0 unspecified atom stereocenters. The van der Waals surface area contributed by atoms with Crippen molar-refractivity contribution in [3.8, 4) is 22.6 Å². The molecule has 156 valence electrons. The van der Waals surface area contributed by atoms with Crippen LogP contribution in [0.25, 0.3) is 17.2 Å². The number of nitrogens with zero attached hydrogens (tertiary/aromatic N) is 1. The fourth-order valence-electron chi connectivity index (χ4n) is 3.34. The number of amides is 2. The molecule has 3 aromatic rings. The zero-order valence-electron chi connectivity index (χ0n) is 16.4. The summed E-state index contributed by atoms with van der Waals surface area (Å²) in [7, 11) is 0. The second kappa shape index (κ2) is 8.07. The zero-order chi connectivity index (χ0) is 21.5. The van der Waals surface area contributed by atoms with Gasteiger partial charge in [-0.2, -0.15) is 0 Å². The fraction of sp³-hybridized carbons (Fsp3) is 0.130. The fourth-order valence-corrected chi connectivity index (χ4v) is 5.31. The van der Waals surface area contributed by atoms with Crippen LogP contribution in [0.15, 0.2) is 52.7 Å². The van der Waals surface area contributed by atoms with Gasteiger partial charge in [-0.25, -0.2) is 0 Å². The number of hydrogen-bond donors (Lipinski definition) is 0. The second-order valence-corrected chi connectivity index (χ2v) is 9.51. The van der Waals surface area contributed by atoms with Crippen LogP contribution < -0.4 is 9.47 Å². The maximum absolute atomic E-state index is 12.9. The predicted octanol–water partition coefficient (Wildman–Crippen LogP) is 6.34. The Balaban J connectivity index is 1.36. The lowest BCUT2D eigenvalue weighted by Gasteiger charge is -2.14. The van der Waals surface area contributed by atoms with Crippen molar-refractivity contribution in [2.45, 2.75) is 13.5 Å². The molecule has 0 radical (unpaired) electrons. The minimum Gasteiger partial charge on any atom is -0.454 e. The van der Waals surface area contributed by atoms with Gasteiger partial charge in [0.25, 0.3) is 11.1 Å². The quantitative estimate of drug-likeness (QED) is 0.417. The number of thiophene rings is 1. The summed E-state index contributed by atoms with van der Waals surface area (Å²) in [5, 5.41) is 2.15. The molecule has 0 N–H and O–H groups in total. The molecule has 0 aliphatic carbocycles. The number of imide groups is 1. The largest absolute Gasteiger partial charge is 0.454 e. The van der Waals surface area contributed by atoms with E-state index in [2.05, 4.69) is 31.2 Å². The molecule has 2 amide bonds. The molecule has 31 heavy (non-hydrogen) atoms. The molecule has 8 heteroatoms. The van der Waals surface area contributed by atoms with Crippen LogP contribution in [0.4, 0.5) is 4.79 Å². The number of ether oxygens (including phenoxy) is 2. The summed E-state index contributed by atoms with van der Waals surface area (Å²) in [4.78, 5) is 28.0. The second-order valence-electron chi connectivity index (χ2n) is 7.17. The predicted molar refractivity (Wildman–Crippen MR) is 124 cm³/mol. The first kappa shape index (κ1) is 20.2. The molecule has 5 nitrogen and oxygen atoms in total. The highest BCUT2D eigenvalue weighted by atomic mass is 35.5. The average molecular weight is 470 g/mol. The molecule has 1 fully saturated rings. The van der Waals surface area contributed by atoms with Crippen molar-refractivity contribution in [2.24, 2.45) is 0 Å². The van der Waals surface area contributed by atoms with Crippen molar-refractivity contribution in [1.29, 1.82) is 0 Å². The van der Waals surface area contributed by atoms with Gasteiger partial charge in [0, 0.05) is 16.0 Å². The first-order valence-electron chi connectivity index (χ1n) is 9.47. The Hall–Kier alpha value is -2.74. The van der Waals surface area contributed by atoms with Crippen LogP contribution in [-0.2, 0) is 11.3 Å². The van der Waals surface area contributed by atoms with E-state index in [0.29, 0.717) is 27.0 Å². The summed E-state index contributed by atoms with van der Waals surface area (Å²) in [6, 6.07) is 13.7. The van der Waals surface area contributed by atoms with Crippen LogP contribution in [0.1, 0.15) is 16.0 Å². The Labute approximate surface area is 192 Å². The molecule has 0 spiro atoms. The van der Waals surface area contributed by atoms with Crippen LogP contribution >= 0.6 is 34.7 Å². The van der Waals surface area contributed by atoms with Crippen molar-refractivity contribution in [3.05, 3.63) is 73.8 Å². The van der Waals surface area contributed by atoms with Crippen molar-refractivity contribution in [3.63, 3.8) is 0 Å². The first-order chi connectivity index (χ1) is 15.0. The molecule has 3 heterocycles. The first-order valence-corrected chi connectivity index (χ1v) is 11.5. The smallest absolute Gasteiger partial charge is 0.293 e. The molecule has 0 bridgehead atoms. The third kappa shape index (κ3) is 3.96. The van der Waals surface area contributed by atoms with Gasteiger partial charge in [0.05, 0.1) is 11.4 Å². The highest BCUT2D eigenvalue weighted by Crippen LogP contribution is 2.40. The summed E-state index contributed by atoms with van der Waals surface area (Å²) in [6.07, 6.45) is 1.77. The molecular weight excluding hydrogens is 454 g/mol. The van der Waals surface area contributed by atoms with Crippen molar-refractivity contribution in [1.82, 2.24) is 4.90 Å². The number of halogens is 1. The number of benzene rings is 2. The number of carbonyl (C=O) groups is 2. The van der Waals surface area contributed by atoms with Gasteiger partial charge in [-0.15, -0.1) is 11.3 Å². The third-order valence-electron chi connectivity index (χ3n) is 5.02. The van der Waals surface area contributed by atoms with Crippen molar-refractivity contribution in [2.75, 3.05) is 6.79 Å².